The summed E-state index contributed by atoms with van der Waals surface area (Å²) in [4.78, 5) is 15.5. The number of aromatic nitrogens is 4. The van der Waals surface area contributed by atoms with Crippen LogP contribution in [0.4, 0.5) is 0 Å². The van der Waals surface area contributed by atoms with Crippen LogP contribution in [0.15, 0.2) is 174 Å². The van der Waals surface area contributed by atoms with Gasteiger partial charge in [-0.15, -0.1) is 0 Å². The second kappa shape index (κ2) is 11.1. The van der Waals surface area contributed by atoms with Crippen molar-refractivity contribution in [2.45, 2.75) is 0 Å². The van der Waals surface area contributed by atoms with E-state index in [2.05, 4.69) is 102 Å². The molecule has 5 heteroatoms. The van der Waals surface area contributed by atoms with Crippen LogP contribution in [0.2, 0.25) is 0 Å². The quantitative estimate of drug-likeness (QED) is 0.185. The highest BCUT2D eigenvalue weighted by Gasteiger charge is 2.28. The van der Waals surface area contributed by atoms with E-state index in [4.69, 9.17) is 19.4 Å². The molecule has 0 atom stereocenters. The minimum atomic E-state index is 0.574. The second-order valence-electron chi connectivity index (χ2n) is 13.9. The zero-order chi connectivity index (χ0) is 35.3. The van der Waals surface area contributed by atoms with Gasteiger partial charge in [-0.25, -0.2) is 15.0 Å². The highest BCUT2D eigenvalue weighted by molar-refractivity contribution is 6.31. The monoisotopic (exact) mass is 688 g/mol. The molecule has 0 bridgehead atoms. The van der Waals surface area contributed by atoms with Gasteiger partial charge in [0.15, 0.2) is 23.1 Å². The first kappa shape index (κ1) is 29.2. The van der Waals surface area contributed by atoms with E-state index in [1.165, 1.54) is 43.8 Å². The topological polar surface area (TPSA) is 56.7 Å². The molecule has 0 aliphatic heterocycles. The Morgan fingerprint density at radius 3 is 1.70 bits per heavy atom. The molecule has 0 amide bonds. The van der Waals surface area contributed by atoms with Gasteiger partial charge in [0.05, 0.1) is 11.0 Å². The van der Waals surface area contributed by atoms with E-state index in [1.807, 2.05) is 72.8 Å². The Balaban J connectivity index is 1.27. The first-order chi connectivity index (χ1) is 26.8. The molecule has 1 aliphatic rings. The van der Waals surface area contributed by atoms with Gasteiger partial charge in [-0.3, -0.25) is 0 Å². The summed E-state index contributed by atoms with van der Waals surface area (Å²) < 4.78 is 9.31. The lowest BCUT2D eigenvalue weighted by molar-refractivity contribution is 0.666. The Labute approximate surface area is 309 Å². The molecule has 11 aromatic rings. The van der Waals surface area contributed by atoms with Crippen molar-refractivity contribution in [3.8, 4) is 62.1 Å². The molecular weight excluding hydrogens is 661 g/mol. The summed E-state index contributed by atoms with van der Waals surface area (Å²) in [6, 6.07) is 59.5. The fourth-order valence-corrected chi connectivity index (χ4v) is 8.68. The third kappa shape index (κ3) is 4.06. The average molecular weight is 689 g/mol. The van der Waals surface area contributed by atoms with Crippen LogP contribution < -0.4 is 0 Å². The lowest BCUT2D eigenvalue weighted by Gasteiger charge is -2.16. The van der Waals surface area contributed by atoms with Crippen LogP contribution in [0.5, 0.6) is 0 Å². The van der Waals surface area contributed by atoms with E-state index >= 15 is 0 Å². The molecule has 0 spiro atoms. The van der Waals surface area contributed by atoms with E-state index in [0.29, 0.717) is 17.5 Å². The number of para-hydroxylation sites is 1. The zero-order valence-electron chi connectivity index (χ0n) is 28.9. The Kier molecular flexibility index (Phi) is 5.99. The Morgan fingerprint density at radius 2 is 0.963 bits per heavy atom. The summed E-state index contributed by atoms with van der Waals surface area (Å²) in [5, 5.41) is 7.03. The van der Waals surface area contributed by atoms with Crippen molar-refractivity contribution in [2.24, 2.45) is 0 Å². The summed E-state index contributed by atoms with van der Waals surface area (Å²) in [7, 11) is 0. The molecule has 0 radical (unpaired) electrons. The Morgan fingerprint density at radius 1 is 0.370 bits per heavy atom. The second-order valence-corrected chi connectivity index (χ2v) is 13.9. The molecule has 0 saturated heterocycles. The molecular formula is C49H28N4O. The molecule has 3 aromatic heterocycles. The number of rotatable bonds is 4. The van der Waals surface area contributed by atoms with Gasteiger partial charge in [0, 0.05) is 38.2 Å². The summed E-state index contributed by atoms with van der Waals surface area (Å²) in [6.45, 7) is 0. The lowest BCUT2D eigenvalue weighted by Crippen LogP contribution is -2.04. The van der Waals surface area contributed by atoms with Gasteiger partial charge < -0.3 is 8.98 Å². The van der Waals surface area contributed by atoms with Crippen molar-refractivity contribution < 1.29 is 4.42 Å². The van der Waals surface area contributed by atoms with Gasteiger partial charge in [-0.2, -0.15) is 0 Å². The number of fused-ring (bicyclic) bond motifs is 6. The molecule has 1 aliphatic carbocycles. The molecule has 3 heterocycles. The van der Waals surface area contributed by atoms with Crippen LogP contribution in [0.1, 0.15) is 0 Å². The number of furan rings is 1. The molecule has 250 valence electrons. The fourth-order valence-electron chi connectivity index (χ4n) is 8.68. The third-order valence-electron chi connectivity index (χ3n) is 11.0. The average Bonchev–Trinajstić information content (AvgIpc) is 3.76. The van der Waals surface area contributed by atoms with Gasteiger partial charge in [0.1, 0.15) is 11.3 Å². The highest BCUT2D eigenvalue weighted by Crippen LogP contribution is 2.51. The number of benzene rings is 8. The molecule has 54 heavy (non-hydrogen) atoms. The van der Waals surface area contributed by atoms with Gasteiger partial charge in [0.2, 0.25) is 0 Å². The van der Waals surface area contributed by atoms with Crippen molar-refractivity contribution in [1.29, 1.82) is 0 Å². The van der Waals surface area contributed by atoms with E-state index in [-0.39, 0.29) is 0 Å². The van der Waals surface area contributed by atoms with Crippen LogP contribution in [0.3, 0.4) is 0 Å². The maximum Gasteiger partial charge on any atom is 0.166 e. The maximum atomic E-state index is 6.92. The lowest BCUT2D eigenvalue weighted by atomic mass is 9.93. The molecule has 0 N–H and O–H groups in total. The summed E-state index contributed by atoms with van der Waals surface area (Å²) in [5.41, 5.74) is 12.3. The van der Waals surface area contributed by atoms with E-state index in [0.717, 1.165) is 55.3 Å². The van der Waals surface area contributed by atoms with Crippen LogP contribution in [0.25, 0.3) is 117 Å². The highest BCUT2D eigenvalue weighted by atomic mass is 16.3. The Bertz CT molecular complexity index is 3270. The van der Waals surface area contributed by atoms with Gasteiger partial charge in [-0.1, -0.05) is 140 Å². The van der Waals surface area contributed by atoms with Crippen LogP contribution in [0, 0.1) is 0 Å². The molecule has 5 nitrogen and oxygen atoms in total. The van der Waals surface area contributed by atoms with E-state index in [9.17, 15) is 0 Å². The van der Waals surface area contributed by atoms with Crippen molar-refractivity contribution in [2.75, 3.05) is 0 Å². The number of nitrogens with zero attached hydrogens (tertiary/aromatic N) is 4. The third-order valence-corrected chi connectivity index (χ3v) is 11.0. The largest absolute Gasteiger partial charge is 0.454 e. The predicted octanol–water partition coefficient (Wildman–Crippen LogP) is 12.7. The normalized spacial score (nSPS) is 12.1. The van der Waals surface area contributed by atoms with Crippen LogP contribution in [-0.2, 0) is 0 Å². The molecule has 8 aromatic carbocycles. The minimum Gasteiger partial charge on any atom is -0.454 e. The smallest absolute Gasteiger partial charge is 0.166 e. The molecule has 12 rings (SSSR count). The van der Waals surface area contributed by atoms with Crippen molar-refractivity contribution in [3.63, 3.8) is 0 Å². The standard InChI is InChI=1S/C49H28N4O/c1-3-13-30(14-4-1)47-50-48(31-15-5-2-6-16-31)52-49(51-47)38-27-26-37-34-20-9-10-24-41(34)54-46(37)45(38)53-39-23-12-22-36-33-19-8-7-18-32(33)35-21-11-17-29-25-28-40(53)44(42(29)35)43(36)39/h1-28H. The summed E-state index contributed by atoms with van der Waals surface area (Å²) in [6.07, 6.45) is 0. The summed E-state index contributed by atoms with van der Waals surface area (Å²) >= 11 is 0. The fraction of sp³-hybridized carbons (Fsp3) is 0. The SMILES string of the molecule is c1ccc(-c2nc(-c3ccccc3)nc(-c3ccc4c(oc5ccccc54)c3-n3c4cccc5c4c4c6c(cccc6ccc43)-c3ccccc3-5)n2)cc1. The van der Waals surface area contributed by atoms with E-state index < -0.39 is 0 Å². The minimum absolute atomic E-state index is 0.574. The van der Waals surface area contributed by atoms with Crippen molar-refractivity contribution in [1.82, 2.24) is 19.5 Å². The Hall–Kier alpha value is -7.37. The maximum absolute atomic E-state index is 6.92. The van der Waals surface area contributed by atoms with Gasteiger partial charge >= 0.3 is 0 Å². The van der Waals surface area contributed by atoms with Gasteiger partial charge in [-0.05, 0) is 63.4 Å². The van der Waals surface area contributed by atoms with Crippen LogP contribution in [-0.4, -0.2) is 19.5 Å². The summed E-state index contributed by atoms with van der Waals surface area (Å²) in [5.74, 6) is 1.80. The predicted molar refractivity (Wildman–Crippen MR) is 220 cm³/mol. The first-order valence-electron chi connectivity index (χ1n) is 18.2. The number of hydrogen-bond acceptors (Lipinski definition) is 4. The zero-order valence-corrected chi connectivity index (χ0v) is 28.9. The molecule has 0 unspecified atom stereocenters. The van der Waals surface area contributed by atoms with Crippen molar-refractivity contribution >= 4 is 54.5 Å². The molecule has 0 saturated carbocycles. The van der Waals surface area contributed by atoms with Crippen molar-refractivity contribution in [3.05, 3.63) is 170 Å². The number of hydrogen-bond donors (Lipinski definition) is 0. The molecule has 0 fully saturated rings. The first-order valence-corrected chi connectivity index (χ1v) is 18.2. The van der Waals surface area contributed by atoms with Crippen LogP contribution >= 0.6 is 0 Å². The van der Waals surface area contributed by atoms with E-state index in [1.54, 1.807) is 0 Å². The van der Waals surface area contributed by atoms with Gasteiger partial charge in [0.25, 0.3) is 0 Å².